The van der Waals surface area contributed by atoms with Gasteiger partial charge in [-0.1, -0.05) is 54.6 Å². The maximum Gasteiger partial charge on any atom is 0.185 e. The fourth-order valence-corrected chi connectivity index (χ4v) is 3.36. The van der Waals surface area contributed by atoms with E-state index in [2.05, 4.69) is 12.1 Å². The van der Waals surface area contributed by atoms with Crippen molar-refractivity contribution >= 4 is 11.9 Å². The molecule has 0 amide bonds. The Bertz CT molecular complexity index is 757. The maximum absolute atomic E-state index is 12.6. The Labute approximate surface area is 154 Å². The second-order valence-corrected chi connectivity index (χ2v) is 6.85. The minimum absolute atomic E-state index is 0.103. The summed E-state index contributed by atoms with van der Waals surface area (Å²) in [6, 6.07) is 17.7. The van der Waals surface area contributed by atoms with E-state index >= 15 is 0 Å². The highest BCUT2D eigenvalue weighted by molar-refractivity contribution is 5.88. The van der Waals surface area contributed by atoms with Crippen molar-refractivity contribution in [3.63, 3.8) is 0 Å². The van der Waals surface area contributed by atoms with E-state index in [1.165, 1.54) is 11.8 Å². The molecule has 136 valence electrons. The van der Waals surface area contributed by atoms with Gasteiger partial charge in [0.15, 0.2) is 12.6 Å². The van der Waals surface area contributed by atoms with E-state index in [9.17, 15) is 4.79 Å². The molecule has 0 heterocycles. The van der Waals surface area contributed by atoms with Crippen LogP contribution in [0.2, 0.25) is 0 Å². The number of ketones is 1. The lowest BCUT2D eigenvalue weighted by atomic mass is 9.97. The Balaban J connectivity index is 1.53. The van der Waals surface area contributed by atoms with Gasteiger partial charge in [-0.3, -0.25) is 4.79 Å². The molecule has 4 heteroatoms. The second-order valence-electron chi connectivity index (χ2n) is 6.85. The molecule has 1 unspecified atom stereocenters. The molecule has 2 aromatic rings. The minimum Gasteiger partial charge on any atom is -0.475 e. The van der Waals surface area contributed by atoms with Crippen LogP contribution < -0.4 is 5.73 Å². The van der Waals surface area contributed by atoms with Gasteiger partial charge in [-0.05, 0) is 47.9 Å². The summed E-state index contributed by atoms with van der Waals surface area (Å²) >= 11 is 0. The van der Waals surface area contributed by atoms with Crippen LogP contribution in [0.3, 0.4) is 0 Å². The van der Waals surface area contributed by atoms with E-state index in [1.54, 1.807) is 6.08 Å². The summed E-state index contributed by atoms with van der Waals surface area (Å²) < 4.78 is 4.79. The molecule has 0 aromatic heterocycles. The van der Waals surface area contributed by atoms with Crippen molar-refractivity contribution in [2.75, 3.05) is 6.79 Å². The first-order chi connectivity index (χ1) is 12.7. The molecule has 1 fully saturated rings. The van der Waals surface area contributed by atoms with E-state index in [-0.39, 0.29) is 18.5 Å². The third-order valence-electron chi connectivity index (χ3n) is 4.83. The topological polar surface area (TPSA) is 72.6 Å². The van der Waals surface area contributed by atoms with Gasteiger partial charge in [0.05, 0.1) is 12.3 Å². The molecule has 0 radical (unpaired) electrons. The van der Waals surface area contributed by atoms with Gasteiger partial charge >= 0.3 is 0 Å². The monoisotopic (exact) mass is 351 g/mol. The van der Waals surface area contributed by atoms with Gasteiger partial charge in [-0.2, -0.15) is 0 Å². The number of aliphatic hydroxyl groups excluding tert-OH is 1. The van der Waals surface area contributed by atoms with E-state index in [0.717, 1.165) is 24.0 Å². The zero-order valence-electron chi connectivity index (χ0n) is 14.8. The quantitative estimate of drug-likeness (QED) is 0.538. The standard InChI is InChI=1S/C22H25NO3/c23-21(13-18-8-4-7-17(11-18)9-10-26-15-24)22(25)20-14-19(20)12-16-5-2-1-3-6-16/h1-11,19-21,24H,12-15,23H2/b10-9+/t19-,20?,21+/m1/s1. The van der Waals surface area contributed by atoms with E-state index in [4.69, 9.17) is 15.6 Å². The minimum atomic E-state index is -0.464. The van der Waals surface area contributed by atoms with Gasteiger partial charge in [0.25, 0.3) is 0 Å². The van der Waals surface area contributed by atoms with Gasteiger partial charge in [0.1, 0.15) is 0 Å². The van der Waals surface area contributed by atoms with E-state index < -0.39 is 6.04 Å². The number of ether oxygens (including phenoxy) is 1. The number of aliphatic hydroxyl groups is 1. The summed E-state index contributed by atoms with van der Waals surface area (Å²) in [5, 5.41) is 8.62. The zero-order chi connectivity index (χ0) is 18.4. The van der Waals surface area contributed by atoms with Gasteiger partial charge in [-0.25, -0.2) is 0 Å². The first-order valence-corrected chi connectivity index (χ1v) is 8.98. The first kappa shape index (κ1) is 18.4. The number of benzene rings is 2. The molecule has 0 spiro atoms. The summed E-state index contributed by atoms with van der Waals surface area (Å²) in [5.74, 6) is 0.711. The van der Waals surface area contributed by atoms with Crippen LogP contribution in [-0.4, -0.2) is 23.7 Å². The lowest BCUT2D eigenvalue weighted by Gasteiger charge is -2.11. The molecular formula is C22H25NO3. The molecule has 3 rings (SSSR count). The smallest absolute Gasteiger partial charge is 0.185 e. The van der Waals surface area contributed by atoms with Gasteiger partial charge in [-0.15, -0.1) is 0 Å². The fraction of sp³-hybridized carbons (Fsp3) is 0.318. The van der Waals surface area contributed by atoms with Crippen LogP contribution >= 0.6 is 0 Å². The Morgan fingerprint density at radius 1 is 1.19 bits per heavy atom. The van der Waals surface area contributed by atoms with Crippen LogP contribution in [0.4, 0.5) is 0 Å². The summed E-state index contributed by atoms with van der Waals surface area (Å²) in [6.45, 7) is -0.346. The largest absolute Gasteiger partial charge is 0.475 e. The third-order valence-corrected chi connectivity index (χ3v) is 4.83. The zero-order valence-corrected chi connectivity index (χ0v) is 14.8. The number of hydrogen-bond acceptors (Lipinski definition) is 4. The summed E-state index contributed by atoms with van der Waals surface area (Å²) in [4.78, 5) is 12.6. The van der Waals surface area contributed by atoms with Crippen molar-refractivity contribution in [1.29, 1.82) is 0 Å². The predicted molar refractivity (Wildman–Crippen MR) is 102 cm³/mol. The van der Waals surface area contributed by atoms with Crippen LogP contribution in [0, 0.1) is 11.8 Å². The Hall–Kier alpha value is -2.43. The Morgan fingerprint density at radius 2 is 1.96 bits per heavy atom. The first-order valence-electron chi connectivity index (χ1n) is 8.98. The molecule has 0 aliphatic heterocycles. The predicted octanol–water partition coefficient (Wildman–Crippen LogP) is 2.94. The molecule has 1 aliphatic rings. The highest BCUT2D eigenvalue weighted by Crippen LogP contribution is 2.42. The summed E-state index contributed by atoms with van der Waals surface area (Å²) in [5.41, 5.74) is 9.45. The van der Waals surface area contributed by atoms with Crippen LogP contribution in [-0.2, 0) is 22.4 Å². The van der Waals surface area contributed by atoms with Gasteiger partial charge in [0, 0.05) is 5.92 Å². The van der Waals surface area contributed by atoms with Crippen LogP contribution in [0.5, 0.6) is 0 Å². The molecule has 1 saturated carbocycles. The second kappa shape index (κ2) is 8.79. The van der Waals surface area contributed by atoms with Crippen molar-refractivity contribution in [3.8, 4) is 0 Å². The SMILES string of the molecule is N[C@@H](Cc1cccc(/C=C/OCO)c1)C(=O)C1C[C@H]1Cc1ccccc1. The number of carbonyl (C=O) groups is 1. The van der Waals surface area contributed by atoms with Crippen molar-refractivity contribution < 1.29 is 14.6 Å². The fourth-order valence-electron chi connectivity index (χ4n) is 3.36. The van der Waals surface area contributed by atoms with E-state index in [0.29, 0.717) is 12.3 Å². The molecule has 1 aliphatic carbocycles. The van der Waals surface area contributed by atoms with Crippen molar-refractivity contribution in [2.45, 2.75) is 25.3 Å². The molecule has 3 atom stereocenters. The number of Topliss-reactive ketones (excluding diaryl/α,β-unsaturated/α-hetero) is 1. The lowest BCUT2D eigenvalue weighted by Crippen LogP contribution is -2.34. The van der Waals surface area contributed by atoms with Gasteiger partial charge in [0.2, 0.25) is 0 Å². The molecule has 26 heavy (non-hydrogen) atoms. The summed E-state index contributed by atoms with van der Waals surface area (Å²) in [7, 11) is 0. The average molecular weight is 351 g/mol. The Kier molecular flexibility index (Phi) is 6.21. The van der Waals surface area contributed by atoms with Crippen LogP contribution in [0.1, 0.15) is 23.1 Å². The number of hydrogen-bond donors (Lipinski definition) is 2. The molecule has 4 nitrogen and oxygen atoms in total. The third kappa shape index (κ3) is 5.04. The van der Waals surface area contributed by atoms with Gasteiger partial charge < -0.3 is 15.6 Å². The average Bonchev–Trinajstić information content (AvgIpc) is 3.41. The molecule has 2 aromatic carbocycles. The lowest BCUT2D eigenvalue weighted by molar-refractivity contribution is -0.121. The number of nitrogens with two attached hydrogens (primary N) is 1. The maximum atomic E-state index is 12.6. The normalized spacial score (nSPS) is 20.1. The van der Waals surface area contributed by atoms with Crippen molar-refractivity contribution in [3.05, 3.63) is 77.5 Å². The van der Waals surface area contributed by atoms with E-state index in [1.807, 2.05) is 42.5 Å². The number of carbonyl (C=O) groups excluding carboxylic acids is 1. The van der Waals surface area contributed by atoms with Crippen molar-refractivity contribution in [2.24, 2.45) is 17.6 Å². The van der Waals surface area contributed by atoms with Crippen LogP contribution in [0.25, 0.3) is 6.08 Å². The number of rotatable bonds is 9. The van der Waals surface area contributed by atoms with Crippen molar-refractivity contribution in [1.82, 2.24) is 0 Å². The molecule has 0 bridgehead atoms. The molecule has 0 saturated heterocycles. The summed E-state index contributed by atoms with van der Waals surface area (Å²) in [6.07, 6.45) is 5.65. The highest BCUT2D eigenvalue weighted by Gasteiger charge is 2.43. The Morgan fingerprint density at radius 3 is 2.73 bits per heavy atom. The highest BCUT2D eigenvalue weighted by atomic mass is 16.6. The molecule has 3 N–H and O–H groups in total. The van der Waals surface area contributed by atoms with Crippen LogP contribution in [0.15, 0.2) is 60.9 Å². The molecular weight excluding hydrogens is 326 g/mol.